The molecule has 21 heavy (non-hydrogen) atoms. The van der Waals surface area contributed by atoms with Crippen molar-refractivity contribution in [1.29, 1.82) is 0 Å². The van der Waals surface area contributed by atoms with E-state index in [0.717, 1.165) is 0 Å². The molecule has 8 nitrogen and oxygen atoms in total. The molecule has 1 aliphatic heterocycles. The van der Waals surface area contributed by atoms with E-state index in [1.807, 2.05) is 13.8 Å². The van der Waals surface area contributed by atoms with Gasteiger partial charge in [0.05, 0.1) is 22.8 Å². The third kappa shape index (κ3) is 3.40. The fourth-order valence-corrected chi connectivity index (χ4v) is 1.86. The molecule has 0 saturated heterocycles. The van der Waals surface area contributed by atoms with Crippen LogP contribution in [0.1, 0.15) is 13.8 Å². The van der Waals surface area contributed by atoms with Crippen LogP contribution in [0.25, 0.3) is 0 Å². The Hall–Kier alpha value is -2.35. The zero-order valence-electron chi connectivity index (χ0n) is 11.8. The van der Waals surface area contributed by atoms with Crippen LogP contribution in [0, 0.1) is 16.0 Å². The van der Waals surface area contributed by atoms with Gasteiger partial charge in [0, 0.05) is 6.54 Å². The zero-order valence-corrected chi connectivity index (χ0v) is 11.8. The van der Waals surface area contributed by atoms with Gasteiger partial charge in [-0.3, -0.25) is 14.9 Å². The summed E-state index contributed by atoms with van der Waals surface area (Å²) in [5.74, 6) is -0.0296. The molecule has 0 saturated carbocycles. The molecular weight excluding hydrogens is 278 g/mol. The van der Waals surface area contributed by atoms with Crippen molar-refractivity contribution in [2.24, 2.45) is 5.92 Å². The lowest BCUT2D eigenvalue weighted by atomic mass is 10.1. The molecule has 1 atom stereocenters. The molecule has 114 valence electrons. The molecule has 1 aliphatic rings. The van der Waals surface area contributed by atoms with Crippen LogP contribution in [0.3, 0.4) is 0 Å². The van der Waals surface area contributed by atoms with Crippen molar-refractivity contribution in [3.05, 3.63) is 22.2 Å². The van der Waals surface area contributed by atoms with E-state index >= 15 is 0 Å². The van der Waals surface area contributed by atoms with Gasteiger partial charge in [-0.1, -0.05) is 13.8 Å². The van der Waals surface area contributed by atoms with E-state index < -0.39 is 11.0 Å². The molecule has 1 aromatic carbocycles. The van der Waals surface area contributed by atoms with E-state index in [2.05, 4.69) is 10.6 Å². The molecule has 1 amide bonds. The van der Waals surface area contributed by atoms with E-state index in [0.29, 0.717) is 5.69 Å². The van der Waals surface area contributed by atoms with Crippen molar-refractivity contribution in [3.63, 3.8) is 0 Å². The lowest BCUT2D eigenvalue weighted by molar-refractivity contribution is -0.384. The van der Waals surface area contributed by atoms with E-state index in [-0.39, 0.29) is 42.1 Å². The second-order valence-corrected chi connectivity index (χ2v) is 5.15. The molecule has 0 aromatic heterocycles. The number of ether oxygens (including phenoxy) is 1. The summed E-state index contributed by atoms with van der Waals surface area (Å²) in [6.45, 7) is 3.71. The molecule has 3 N–H and O–H groups in total. The molecule has 1 unspecified atom stereocenters. The number of rotatable bonds is 5. The normalized spacial score (nSPS) is 15.0. The summed E-state index contributed by atoms with van der Waals surface area (Å²) >= 11 is 0. The Morgan fingerprint density at radius 2 is 2.24 bits per heavy atom. The van der Waals surface area contributed by atoms with Gasteiger partial charge in [0.2, 0.25) is 0 Å². The van der Waals surface area contributed by atoms with Crippen LogP contribution < -0.4 is 15.4 Å². The molecule has 1 heterocycles. The Morgan fingerprint density at radius 3 is 2.86 bits per heavy atom. The Labute approximate surface area is 121 Å². The summed E-state index contributed by atoms with van der Waals surface area (Å²) in [5, 5.41) is 26.3. The van der Waals surface area contributed by atoms with E-state index in [9.17, 15) is 20.0 Å². The smallest absolute Gasteiger partial charge is 0.296 e. The first-order valence-corrected chi connectivity index (χ1v) is 6.55. The average Bonchev–Trinajstić information content (AvgIpc) is 2.43. The number of carbonyl (C=O) groups is 1. The summed E-state index contributed by atoms with van der Waals surface area (Å²) < 4.78 is 5.15. The highest BCUT2D eigenvalue weighted by molar-refractivity contribution is 5.96. The topological polar surface area (TPSA) is 114 Å². The third-order valence-electron chi connectivity index (χ3n) is 3.20. The van der Waals surface area contributed by atoms with Gasteiger partial charge in [-0.25, -0.2) is 0 Å². The average molecular weight is 295 g/mol. The van der Waals surface area contributed by atoms with Crippen LogP contribution in [-0.2, 0) is 4.79 Å². The fourth-order valence-electron chi connectivity index (χ4n) is 1.86. The molecule has 0 radical (unpaired) electrons. The van der Waals surface area contributed by atoms with Crippen molar-refractivity contribution in [2.45, 2.75) is 20.0 Å². The van der Waals surface area contributed by atoms with Gasteiger partial charge >= 0.3 is 0 Å². The van der Waals surface area contributed by atoms with Crippen LogP contribution in [0.4, 0.5) is 17.1 Å². The van der Waals surface area contributed by atoms with Gasteiger partial charge in [-0.2, -0.15) is 0 Å². The number of nitro groups is 1. The van der Waals surface area contributed by atoms with Gasteiger partial charge in [0.15, 0.2) is 12.4 Å². The van der Waals surface area contributed by atoms with Crippen molar-refractivity contribution in [1.82, 2.24) is 0 Å². The van der Waals surface area contributed by atoms with Crippen molar-refractivity contribution in [2.75, 3.05) is 23.8 Å². The van der Waals surface area contributed by atoms with E-state index in [4.69, 9.17) is 4.74 Å². The van der Waals surface area contributed by atoms with E-state index in [1.54, 1.807) is 0 Å². The van der Waals surface area contributed by atoms with Crippen LogP contribution >= 0.6 is 0 Å². The molecule has 0 aliphatic carbocycles. The minimum atomic E-state index is -0.633. The third-order valence-corrected chi connectivity index (χ3v) is 3.20. The number of aliphatic hydroxyl groups excluding tert-OH is 1. The highest BCUT2D eigenvalue weighted by atomic mass is 16.6. The number of aliphatic hydroxyl groups is 1. The first-order chi connectivity index (χ1) is 9.88. The number of amides is 1. The lowest BCUT2D eigenvalue weighted by Crippen LogP contribution is -2.27. The van der Waals surface area contributed by atoms with Crippen molar-refractivity contribution >= 4 is 23.0 Å². The Balaban J connectivity index is 2.28. The first kappa shape index (κ1) is 15.0. The zero-order chi connectivity index (χ0) is 15.6. The molecule has 2 rings (SSSR count). The second-order valence-electron chi connectivity index (χ2n) is 5.15. The predicted octanol–water partition coefficient (Wildman–Crippen LogP) is 1.35. The maximum absolute atomic E-state index is 11.3. The van der Waals surface area contributed by atoms with Crippen LogP contribution in [0.15, 0.2) is 12.1 Å². The molecule has 8 heteroatoms. The van der Waals surface area contributed by atoms with Gasteiger partial charge in [-0.15, -0.1) is 0 Å². The van der Waals surface area contributed by atoms with Gasteiger partial charge in [0.1, 0.15) is 5.69 Å². The Kier molecular flexibility index (Phi) is 4.27. The first-order valence-electron chi connectivity index (χ1n) is 6.55. The molecule has 0 fully saturated rings. The van der Waals surface area contributed by atoms with Crippen molar-refractivity contribution in [3.8, 4) is 5.75 Å². The highest BCUT2D eigenvalue weighted by Gasteiger charge is 2.24. The summed E-state index contributed by atoms with van der Waals surface area (Å²) in [7, 11) is 0. The number of carbonyl (C=O) groups excluding carboxylic acids is 1. The minimum absolute atomic E-state index is 0.0252. The van der Waals surface area contributed by atoms with Crippen LogP contribution in [-0.4, -0.2) is 35.2 Å². The van der Waals surface area contributed by atoms with Crippen LogP contribution in [0.2, 0.25) is 0 Å². The second kappa shape index (κ2) is 5.96. The standard InChI is InChI=1S/C13H17N3O5/c1-7(2)11(17)5-14-8-3-9-12(4-10(8)16(19)20)21-6-13(18)15-9/h3-4,7,11,14,17H,5-6H2,1-2H3,(H,15,18). The van der Waals surface area contributed by atoms with Gasteiger partial charge in [-0.05, 0) is 12.0 Å². The minimum Gasteiger partial charge on any atom is -0.481 e. The molecular formula is C13H17N3O5. The number of benzene rings is 1. The SMILES string of the molecule is CC(C)C(O)CNc1cc2c(cc1[N+](=O)[O-])OCC(=O)N2. The summed E-state index contributed by atoms with van der Waals surface area (Å²) in [4.78, 5) is 21.9. The largest absolute Gasteiger partial charge is 0.481 e. The number of nitro benzene ring substituents is 1. The number of anilines is 2. The summed E-state index contributed by atoms with van der Waals surface area (Å²) in [6, 6.07) is 2.70. The Morgan fingerprint density at radius 1 is 1.52 bits per heavy atom. The monoisotopic (exact) mass is 295 g/mol. The number of hydrogen-bond acceptors (Lipinski definition) is 6. The maximum atomic E-state index is 11.3. The lowest BCUT2D eigenvalue weighted by Gasteiger charge is -2.20. The number of fused-ring (bicyclic) bond motifs is 1. The summed E-state index contributed by atoms with van der Waals surface area (Å²) in [5.41, 5.74) is 0.434. The maximum Gasteiger partial charge on any atom is 0.296 e. The molecule has 0 spiro atoms. The summed E-state index contributed by atoms with van der Waals surface area (Å²) in [6.07, 6.45) is -0.633. The van der Waals surface area contributed by atoms with Gasteiger partial charge in [0.25, 0.3) is 11.6 Å². The number of nitrogens with zero attached hydrogens (tertiary/aromatic N) is 1. The molecule has 1 aromatic rings. The quantitative estimate of drug-likeness (QED) is 0.558. The van der Waals surface area contributed by atoms with Crippen molar-refractivity contribution < 1.29 is 19.6 Å². The number of hydrogen-bond donors (Lipinski definition) is 3. The highest BCUT2D eigenvalue weighted by Crippen LogP contribution is 2.37. The van der Waals surface area contributed by atoms with Gasteiger partial charge < -0.3 is 20.5 Å². The van der Waals surface area contributed by atoms with Crippen LogP contribution in [0.5, 0.6) is 5.75 Å². The van der Waals surface area contributed by atoms with E-state index in [1.165, 1.54) is 12.1 Å². The Bertz CT molecular complexity index is 573. The number of nitrogens with one attached hydrogen (secondary N) is 2. The predicted molar refractivity (Wildman–Crippen MR) is 76.6 cm³/mol. The fraction of sp³-hybridized carbons (Fsp3) is 0.462. The molecule has 0 bridgehead atoms.